The van der Waals surface area contributed by atoms with E-state index in [2.05, 4.69) is 10.6 Å². The molecule has 7 heteroatoms. The van der Waals surface area contributed by atoms with Crippen LogP contribution in [0.3, 0.4) is 0 Å². The van der Waals surface area contributed by atoms with Gasteiger partial charge in [-0.2, -0.15) is 0 Å². The molecule has 1 aromatic rings. The van der Waals surface area contributed by atoms with Gasteiger partial charge in [-0.3, -0.25) is 9.59 Å². The minimum atomic E-state index is -0.924. The molecular formula is C18H27N3O4. The highest BCUT2D eigenvalue weighted by molar-refractivity contribution is 6.37. The fourth-order valence-corrected chi connectivity index (χ4v) is 1.91. The van der Waals surface area contributed by atoms with Crippen LogP contribution in [0.5, 0.6) is 0 Å². The Balaban J connectivity index is 2.47. The largest absolute Gasteiger partial charge is 0.453 e. The van der Waals surface area contributed by atoms with Gasteiger partial charge in [0.1, 0.15) is 5.60 Å². The predicted molar refractivity (Wildman–Crippen MR) is 95.9 cm³/mol. The molecular weight excluding hydrogens is 322 g/mol. The number of hydrogen-bond donors (Lipinski definition) is 3. The summed E-state index contributed by atoms with van der Waals surface area (Å²) in [6.45, 7) is 7.42. The summed E-state index contributed by atoms with van der Waals surface area (Å²) >= 11 is 0. The number of ether oxygens (including phenoxy) is 1. The molecule has 0 fully saturated rings. The smallest absolute Gasteiger partial charge is 0.397 e. The molecule has 0 aliphatic carbocycles. The number of carbonyl (C=O) groups is 3. The Morgan fingerprint density at radius 2 is 1.76 bits per heavy atom. The highest BCUT2D eigenvalue weighted by Crippen LogP contribution is 2.11. The van der Waals surface area contributed by atoms with Gasteiger partial charge in [0.05, 0.1) is 6.04 Å². The summed E-state index contributed by atoms with van der Waals surface area (Å²) in [6, 6.07) is 6.53. The highest BCUT2D eigenvalue weighted by Gasteiger charge is 2.22. The number of rotatable bonds is 6. The number of hydrogen-bond acceptors (Lipinski definition) is 5. The van der Waals surface area contributed by atoms with Crippen LogP contribution in [0.2, 0.25) is 0 Å². The lowest BCUT2D eigenvalue weighted by atomic mass is 10.1. The quantitative estimate of drug-likeness (QED) is 0.530. The van der Waals surface area contributed by atoms with Crippen LogP contribution >= 0.6 is 0 Å². The Morgan fingerprint density at radius 1 is 1.16 bits per heavy atom. The summed E-state index contributed by atoms with van der Waals surface area (Å²) in [5.74, 6) is -1.90. The molecule has 0 saturated carbocycles. The van der Waals surface area contributed by atoms with Crippen molar-refractivity contribution in [2.75, 3.05) is 11.9 Å². The van der Waals surface area contributed by atoms with Gasteiger partial charge in [0, 0.05) is 12.2 Å². The van der Waals surface area contributed by atoms with Gasteiger partial charge < -0.3 is 21.1 Å². The first-order chi connectivity index (χ1) is 11.6. The monoisotopic (exact) mass is 349 g/mol. The van der Waals surface area contributed by atoms with E-state index in [1.807, 2.05) is 19.1 Å². The van der Waals surface area contributed by atoms with E-state index < -0.39 is 23.5 Å². The lowest BCUT2D eigenvalue weighted by molar-refractivity contribution is -0.161. The summed E-state index contributed by atoms with van der Waals surface area (Å²) < 4.78 is 5.00. The van der Waals surface area contributed by atoms with Crippen LogP contribution in [0.15, 0.2) is 24.3 Å². The van der Waals surface area contributed by atoms with E-state index in [0.29, 0.717) is 25.1 Å². The molecule has 1 aromatic carbocycles. The van der Waals surface area contributed by atoms with Crippen LogP contribution in [0.4, 0.5) is 5.69 Å². The Hall–Kier alpha value is -2.41. The average molecular weight is 349 g/mol. The van der Waals surface area contributed by atoms with Gasteiger partial charge in [-0.05, 0) is 51.3 Å². The van der Waals surface area contributed by atoms with Crippen molar-refractivity contribution in [2.24, 2.45) is 5.73 Å². The summed E-state index contributed by atoms with van der Waals surface area (Å²) in [4.78, 5) is 35.0. The van der Waals surface area contributed by atoms with E-state index in [4.69, 9.17) is 10.5 Å². The maximum absolute atomic E-state index is 11.8. The van der Waals surface area contributed by atoms with Crippen LogP contribution in [0.1, 0.15) is 39.7 Å². The Kier molecular flexibility index (Phi) is 7.57. The van der Waals surface area contributed by atoms with Crippen molar-refractivity contribution in [3.05, 3.63) is 29.8 Å². The molecule has 0 aliphatic heterocycles. The zero-order valence-corrected chi connectivity index (χ0v) is 15.2. The van der Waals surface area contributed by atoms with Crippen LogP contribution in [-0.2, 0) is 25.5 Å². The number of esters is 1. The van der Waals surface area contributed by atoms with Crippen molar-refractivity contribution < 1.29 is 19.1 Å². The number of carbonyl (C=O) groups excluding carboxylic acids is 3. The van der Waals surface area contributed by atoms with E-state index >= 15 is 0 Å². The summed E-state index contributed by atoms with van der Waals surface area (Å²) in [5.41, 5.74) is 6.40. The summed E-state index contributed by atoms with van der Waals surface area (Å²) in [7, 11) is 0. The second-order valence-corrected chi connectivity index (χ2v) is 6.71. The maximum Gasteiger partial charge on any atom is 0.397 e. The number of amides is 2. The minimum Gasteiger partial charge on any atom is -0.453 e. The van der Waals surface area contributed by atoms with Gasteiger partial charge in [0.15, 0.2) is 0 Å². The van der Waals surface area contributed by atoms with Crippen molar-refractivity contribution in [3.8, 4) is 0 Å². The van der Waals surface area contributed by atoms with Crippen LogP contribution in [0.25, 0.3) is 0 Å². The van der Waals surface area contributed by atoms with Crippen molar-refractivity contribution in [1.82, 2.24) is 5.32 Å². The number of nitrogens with two attached hydrogens (primary N) is 1. The van der Waals surface area contributed by atoms with Crippen LogP contribution < -0.4 is 16.4 Å². The van der Waals surface area contributed by atoms with E-state index in [1.165, 1.54) is 0 Å². The number of nitrogens with one attached hydrogen (secondary N) is 2. The molecule has 0 aromatic heterocycles. The van der Waals surface area contributed by atoms with E-state index in [9.17, 15) is 14.4 Å². The lowest BCUT2D eigenvalue weighted by Crippen LogP contribution is -2.40. The van der Waals surface area contributed by atoms with Gasteiger partial charge in [-0.25, -0.2) is 4.79 Å². The van der Waals surface area contributed by atoms with E-state index in [-0.39, 0.29) is 5.91 Å². The SMILES string of the molecule is CC[C@H](N)C(=O)NCCc1ccc(NC(=O)C(=O)OC(C)(C)C)cc1. The van der Waals surface area contributed by atoms with Gasteiger partial charge >= 0.3 is 11.9 Å². The Bertz CT molecular complexity index is 606. The van der Waals surface area contributed by atoms with E-state index in [1.54, 1.807) is 32.9 Å². The zero-order chi connectivity index (χ0) is 19.0. The van der Waals surface area contributed by atoms with Gasteiger partial charge in [-0.15, -0.1) is 0 Å². The average Bonchev–Trinajstić information content (AvgIpc) is 2.53. The molecule has 1 atom stereocenters. The third-order valence-electron chi connectivity index (χ3n) is 3.29. The molecule has 1 rings (SSSR count). The Labute approximate surface area is 148 Å². The van der Waals surface area contributed by atoms with E-state index in [0.717, 1.165) is 5.56 Å². The molecule has 0 radical (unpaired) electrons. The molecule has 138 valence electrons. The molecule has 0 spiro atoms. The van der Waals surface area contributed by atoms with Gasteiger partial charge in [-0.1, -0.05) is 19.1 Å². The standard InChI is InChI=1S/C18H27N3O4/c1-5-14(19)15(22)20-11-10-12-6-8-13(9-7-12)21-16(23)17(24)25-18(2,3)4/h6-9,14H,5,10-11,19H2,1-4H3,(H,20,22)(H,21,23)/t14-/m0/s1. The molecule has 25 heavy (non-hydrogen) atoms. The lowest BCUT2D eigenvalue weighted by Gasteiger charge is -2.18. The molecule has 7 nitrogen and oxygen atoms in total. The molecule has 0 heterocycles. The minimum absolute atomic E-state index is 0.163. The third-order valence-corrected chi connectivity index (χ3v) is 3.29. The maximum atomic E-state index is 11.8. The fraction of sp³-hybridized carbons (Fsp3) is 0.500. The fourth-order valence-electron chi connectivity index (χ4n) is 1.91. The zero-order valence-electron chi connectivity index (χ0n) is 15.2. The van der Waals surface area contributed by atoms with Crippen LogP contribution in [-0.4, -0.2) is 36.0 Å². The van der Waals surface area contributed by atoms with Gasteiger partial charge in [0.25, 0.3) is 0 Å². The Morgan fingerprint density at radius 3 is 2.28 bits per heavy atom. The molecule has 2 amide bonds. The molecule has 0 aliphatic rings. The number of benzene rings is 1. The molecule has 0 bridgehead atoms. The number of anilines is 1. The van der Waals surface area contributed by atoms with Gasteiger partial charge in [0.2, 0.25) is 5.91 Å². The van der Waals surface area contributed by atoms with Crippen molar-refractivity contribution in [3.63, 3.8) is 0 Å². The normalized spacial score (nSPS) is 12.2. The first-order valence-electron chi connectivity index (χ1n) is 8.29. The van der Waals surface area contributed by atoms with Crippen molar-refractivity contribution in [1.29, 1.82) is 0 Å². The van der Waals surface area contributed by atoms with Crippen molar-refractivity contribution in [2.45, 2.75) is 52.2 Å². The second-order valence-electron chi connectivity index (χ2n) is 6.71. The topological polar surface area (TPSA) is 111 Å². The molecule has 4 N–H and O–H groups in total. The second kappa shape index (κ2) is 9.17. The first-order valence-corrected chi connectivity index (χ1v) is 8.29. The highest BCUT2D eigenvalue weighted by atomic mass is 16.6. The molecule has 0 saturated heterocycles. The predicted octanol–water partition coefficient (Wildman–Crippen LogP) is 1.36. The first kappa shape index (κ1) is 20.6. The third kappa shape index (κ3) is 7.80. The summed E-state index contributed by atoms with van der Waals surface area (Å²) in [5, 5.41) is 5.26. The summed E-state index contributed by atoms with van der Waals surface area (Å²) in [6.07, 6.45) is 1.24. The van der Waals surface area contributed by atoms with Crippen molar-refractivity contribution >= 4 is 23.5 Å². The molecule has 0 unspecified atom stereocenters. The van der Waals surface area contributed by atoms with Crippen LogP contribution in [0, 0.1) is 0 Å².